The average Bonchev–Trinajstić information content (AvgIpc) is 3.17. The summed E-state index contributed by atoms with van der Waals surface area (Å²) >= 11 is 3.60. The third-order valence-corrected chi connectivity index (χ3v) is 6.58. The van der Waals surface area contributed by atoms with Crippen molar-refractivity contribution < 1.29 is 14.3 Å². The molecule has 0 aliphatic carbocycles. The molecular formula is C25H28BrN3O3. The van der Waals surface area contributed by atoms with Crippen LogP contribution in [0.4, 0.5) is 0 Å². The van der Waals surface area contributed by atoms with Crippen LogP contribution in [0.15, 0.2) is 46.9 Å². The largest absolute Gasteiger partial charge is 0.494 e. The fourth-order valence-electron chi connectivity index (χ4n) is 4.19. The summed E-state index contributed by atoms with van der Waals surface area (Å²) in [5.41, 5.74) is 3.90. The number of carbonyl (C=O) groups is 2. The lowest BCUT2D eigenvalue weighted by Crippen LogP contribution is -2.52. The molecule has 2 N–H and O–H groups in total. The van der Waals surface area contributed by atoms with Gasteiger partial charge in [0.05, 0.1) is 12.1 Å². The molecule has 0 fully saturated rings. The van der Waals surface area contributed by atoms with E-state index in [1.54, 1.807) is 24.3 Å². The highest BCUT2D eigenvalue weighted by atomic mass is 79.9. The molecule has 7 heteroatoms. The molecule has 1 unspecified atom stereocenters. The fraction of sp³-hybridized carbons (Fsp3) is 0.360. The van der Waals surface area contributed by atoms with Gasteiger partial charge in [-0.3, -0.25) is 9.59 Å². The number of para-hydroxylation sites is 1. The first-order chi connectivity index (χ1) is 15.4. The smallest absolute Gasteiger partial charge is 0.251 e. The number of ether oxygens (including phenoxy) is 1. The second-order valence-electron chi connectivity index (χ2n) is 8.41. The quantitative estimate of drug-likeness (QED) is 0.519. The molecule has 1 aliphatic rings. The highest BCUT2D eigenvalue weighted by Crippen LogP contribution is 2.32. The molecule has 0 saturated carbocycles. The monoisotopic (exact) mass is 497 g/mol. The Hall–Kier alpha value is -2.80. The summed E-state index contributed by atoms with van der Waals surface area (Å²) in [7, 11) is 0. The average molecular weight is 498 g/mol. The number of H-pyrrole nitrogens is 1. The van der Waals surface area contributed by atoms with Crippen LogP contribution in [0.2, 0.25) is 0 Å². The molecule has 6 nitrogen and oxygen atoms in total. The Kier molecular flexibility index (Phi) is 6.55. The van der Waals surface area contributed by atoms with Gasteiger partial charge in [0.25, 0.3) is 5.91 Å². The summed E-state index contributed by atoms with van der Waals surface area (Å²) in [6, 6.07) is 12.5. The Morgan fingerprint density at radius 3 is 2.62 bits per heavy atom. The van der Waals surface area contributed by atoms with Crippen LogP contribution >= 0.6 is 15.9 Å². The van der Waals surface area contributed by atoms with Gasteiger partial charge in [-0.15, -0.1) is 0 Å². The molecule has 2 aromatic carbocycles. The van der Waals surface area contributed by atoms with E-state index in [0.29, 0.717) is 25.3 Å². The summed E-state index contributed by atoms with van der Waals surface area (Å²) < 4.78 is 6.46. The van der Waals surface area contributed by atoms with Gasteiger partial charge in [-0.2, -0.15) is 0 Å². The number of nitrogens with one attached hydrogen (secondary N) is 2. The molecule has 1 aromatic heterocycles. The summed E-state index contributed by atoms with van der Waals surface area (Å²) in [6.07, 6.45) is 0.764. The second kappa shape index (κ2) is 9.36. The third-order valence-electron chi connectivity index (χ3n) is 5.92. The van der Waals surface area contributed by atoms with Gasteiger partial charge in [0.1, 0.15) is 11.8 Å². The Morgan fingerprint density at radius 1 is 1.19 bits per heavy atom. The van der Waals surface area contributed by atoms with E-state index in [1.807, 2.05) is 37.8 Å². The van der Waals surface area contributed by atoms with E-state index in [9.17, 15) is 9.59 Å². The van der Waals surface area contributed by atoms with Gasteiger partial charge in [0.2, 0.25) is 5.91 Å². The molecule has 3 aromatic rings. The SMILES string of the molecule is CCOc1ccc(C(=O)NC(C(=O)N2CCc3[nH]c4c(Br)cccc4c3C2)C(C)C)cc1. The highest BCUT2D eigenvalue weighted by Gasteiger charge is 2.32. The van der Waals surface area contributed by atoms with E-state index < -0.39 is 6.04 Å². The Balaban J connectivity index is 1.51. The number of benzene rings is 2. The van der Waals surface area contributed by atoms with Crippen molar-refractivity contribution in [3.63, 3.8) is 0 Å². The Bertz CT molecular complexity index is 1140. The van der Waals surface area contributed by atoms with E-state index in [-0.39, 0.29) is 17.7 Å². The number of hydrogen-bond acceptors (Lipinski definition) is 3. The molecule has 168 valence electrons. The fourth-order valence-corrected chi connectivity index (χ4v) is 4.66. The summed E-state index contributed by atoms with van der Waals surface area (Å²) in [4.78, 5) is 31.7. The molecule has 2 amide bonds. The minimum absolute atomic E-state index is 0.0346. The summed E-state index contributed by atoms with van der Waals surface area (Å²) in [6.45, 7) is 7.56. The van der Waals surface area contributed by atoms with E-state index in [1.165, 1.54) is 5.69 Å². The molecule has 2 heterocycles. The zero-order valence-electron chi connectivity index (χ0n) is 18.6. The first kappa shape index (κ1) is 22.4. The second-order valence-corrected chi connectivity index (χ2v) is 9.26. The molecule has 0 radical (unpaired) electrons. The first-order valence-corrected chi connectivity index (χ1v) is 11.8. The number of aromatic amines is 1. The van der Waals surface area contributed by atoms with Crippen molar-refractivity contribution in [3.05, 3.63) is 63.8 Å². The van der Waals surface area contributed by atoms with Crippen molar-refractivity contribution in [1.29, 1.82) is 0 Å². The molecule has 0 bridgehead atoms. The summed E-state index contributed by atoms with van der Waals surface area (Å²) in [5, 5.41) is 4.09. The van der Waals surface area contributed by atoms with Gasteiger partial charge < -0.3 is 19.9 Å². The highest BCUT2D eigenvalue weighted by molar-refractivity contribution is 9.10. The van der Waals surface area contributed by atoms with Crippen molar-refractivity contribution in [1.82, 2.24) is 15.2 Å². The lowest BCUT2D eigenvalue weighted by Gasteiger charge is -2.32. The van der Waals surface area contributed by atoms with Crippen molar-refractivity contribution in [3.8, 4) is 5.75 Å². The van der Waals surface area contributed by atoms with Crippen LogP contribution in [0.3, 0.4) is 0 Å². The molecule has 0 saturated heterocycles. The standard InChI is InChI=1S/C25H28BrN3O3/c1-4-32-17-10-8-16(9-11-17)24(30)28-22(15(2)3)25(31)29-13-12-21-19(14-29)18-6-5-7-20(26)23(18)27-21/h5-11,15,22,27H,4,12-14H2,1-3H3,(H,28,30). The maximum Gasteiger partial charge on any atom is 0.251 e. The molecule has 1 aliphatic heterocycles. The van der Waals surface area contributed by atoms with Crippen molar-refractivity contribution >= 4 is 38.6 Å². The summed E-state index contributed by atoms with van der Waals surface area (Å²) in [5.74, 6) is 0.380. The number of aromatic nitrogens is 1. The number of rotatable bonds is 6. The number of carbonyl (C=O) groups excluding carboxylic acids is 2. The van der Waals surface area contributed by atoms with Crippen molar-refractivity contribution in [2.75, 3.05) is 13.2 Å². The van der Waals surface area contributed by atoms with Crippen LogP contribution in [-0.4, -0.2) is 40.9 Å². The third kappa shape index (κ3) is 4.39. The Morgan fingerprint density at radius 2 is 1.94 bits per heavy atom. The molecule has 4 rings (SSSR count). The Labute approximate surface area is 196 Å². The van der Waals surface area contributed by atoms with E-state index in [0.717, 1.165) is 33.1 Å². The van der Waals surface area contributed by atoms with Gasteiger partial charge >= 0.3 is 0 Å². The number of fused-ring (bicyclic) bond motifs is 3. The van der Waals surface area contributed by atoms with Crippen LogP contribution in [0, 0.1) is 5.92 Å². The minimum Gasteiger partial charge on any atom is -0.494 e. The lowest BCUT2D eigenvalue weighted by atomic mass is 9.99. The van der Waals surface area contributed by atoms with Gasteiger partial charge in [-0.05, 0) is 59.1 Å². The molecule has 0 spiro atoms. The van der Waals surface area contributed by atoms with Gasteiger partial charge in [0.15, 0.2) is 0 Å². The number of amides is 2. The number of nitrogens with zero attached hydrogens (tertiary/aromatic N) is 1. The zero-order chi connectivity index (χ0) is 22.8. The van der Waals surface area contributed by atoms with Crippen molar-refractivity contribution in [2.45, 2.75) is 39.8 Å². The van der Waals surface area contributed by atoms with Gasteiger partial charge in [0, 0.05) is 46.2 Å². The van der Waals surface area contributed by atoms with E-state index in [4.69, 9.17) is 4.74 Å². The van der Waals surface area contributed by atoms with Crippen LogP contribution in [0.5, 0.6) is 5.75 Å². The predicted octanol–water partition coefficient (Wildman–Crippen LogP) is 4.67. The van der Waals surface area contributed by atoms with Crippen LogP contribution < -0.4 is 10.1 Å². The maximum atomic E-state index is 13.5. The lowest BCUT2D eigenvalue weighted by molar-refractivity contribution is -0.135. The first-order valence-electron chi connectivity index (χ1n) is 11.0. The molecule has 1 atom stereocenters. The normalized spacial score (nSPS) is 14.3. The van der Waals surface area contributed by atoms with Crippen LogP contribution in [-0.2, 0) is 17.8 Å². The minimum atomic E-state index is -0.590. The van der Waals surface area contributed by atoms with Gasteiger partial charge in [-0.1, -0.05) is 26.0 Å². The maximum absolute atomic E-state index is 13.5. The van der Waals surface area contributed by atoms with Crippen molar-refractivity contribution in [2.24, 2.45) is 5.92 Å². The number of hydrogen-bond donors (Lipinski definition) is 2. The van der Waals surface area contributed by atoms with E-state index >= 15 is 0 Å². The van der Waals surface area contributed by atoms with E-state index in [2.05, 4.69) is 32.3 Å². The molecular weight excluding hydrogens is 470 g/mol. The zero-order valence-corrected chi connectivity index (χ0v) is 20.2. The molecule has 32 heavy (non-hydrogen) atoms. The number of halogens is 1. The predicted molar refractivity (Wildman–Crippen MR) is 129 cm³/mol. The topological polar surface area (TPSA) is 74.4 Å². The van der Waals surface area contributed by atoms with Gasteiger partial charge in [-0.25, -0.2) is 0 Å². The van der Waals surface area contributed by atoms with Crippen LogP contribution in [0.1, 0.15) is 42.4 Å². The van der Waals surface area contributed by atoms with Crippen LogP contribution in [0.25, 0.3) is 10.9 Å².